The molecule has 0 amide bonds. The number of para-hydroxylation sites is 1. The molecule has 1 heterocycles. The van der Waals surface area contributed by atoms with Gasteiger partial charge in [0.1, 0.15) is 10.6 Å². The van der Waals surface area contributed by atoms with Crippen molar-refractivity contribution in [2.45, 2.75) is 4.90 Å². The molecule has 0 fully saturated rings. The lowest BCUT2D eigenvalue weighted by molar-refractivity contribution is 0.419. The van der Waals surface area contributed by atoms with E-state index in [0.717, 1.165) is 0 Å². The van der Waals surface area contributed by atoms with E-state index in [2.05, 4.69) is 9.71 Å². The van der Waals surface area contributed by atoms with Gasteiger partial charge in [-0.1, -0.05) is 23.7 Å². The molecule has 0 atom stereocenters. The Bertz CT molecular complexity index is 1020. The molecule has 0 aliphatic carbocycles. The number of hydrogen-bond donors (Lipinski definition) is 2. The maximum Gasteiger partial charge on any atom is 0.264 e. The number of halogens is 1. The summed E-state index contributed by atoms with van der Waals surface area (Å²) in [5, 5.41) is 0.865. The first-order valence-corrected chi connectivity index (χ1v) is 8.78. The summed E-state index contributed by atoms with van der Waals surface area (Å²) in [6.07, 6.45) is 1.52. The fourth-order valence-corrected chi connectivity index (χ4v) is 3.84. The third-order valence-corrected chi connectivity index (χ3v) is 5.23. The van der Waals surface area contributed by atoms with Gasteiger partial charge >= 0.3 is 0 Å². The lowest BCUT2D eigenvalue weighted by atomic mass is 10.2. The second kappa shape index (κ2) is 6.18. The van der Waals surface area contributed by atoms with Crippen LogP contribution >= 0.6 is 11.6 Å². The van der Waals surface area contributed by atoms with Crippen LogP contribution in [0.15, 0.2) is 53.6 Å². The van der Waals surface area contributed by atoms with Crippen LogP contribution in [0.5, 0.6) is 5.75 Å². The fraction of sp³-hybridized carbons (Fsp3) is 0.0625. The average molecular weight is 364 g/mol. The number of hydrogen-bond acceptors (Lipinski definition) is 5. The second-order valence-electron chi connectivity index (χ2n) is 4.98. The van der Waals surface area contributed by atoms with E-state index >= 15 is 0 Å². The van der Waals surface area contributed by atoms with Crippen LogP contribution in [0, 0.1) is 0 Å². The normalized spacial score (nSPS) is 11.4. The largest absolute Gasteiger partial charge is 0.496 e. The molecular formula is C16H14ClN3O3S. The summed E-state index contributed by atoms with van der Waals surface area (Å²) in [6, 6.07) is 11.2. The molecule has 3 rings (SSSR count). The number of sulfonamides is 1. The first kappa shape index (κ1) is 16.4. The molecule has 3 N–H and O–H groups in total. The molecule has 0 radical (unpaired) electrons. The number of aromatic nitrogens is 1. The van der Waals surface area contributed by atoms with Crippen molar-refractivity contribution in [2.24, 2.45) is 0 Å². The molecule has 0 saturated heterocycles. The molecule has 24 heavy (non-hydrogen) atoms. The van der Waals surface area contributed by atoms with Crippen molar-refractivity contribution >= 4 is 43.9 Å². The topological polar surface area (TPSA) is 94.3 Å². The molecule has 1 aromatic heterocycles. The number of methoxy groups -OCH3 is 1. The molecule has 0 aliphatic heterocycles. The molecule has 0 aliphatic rings. The van der Waals surface area contributed by atoms with Gasteiger partial charge in [0.2, 0.25) is 0 Å². The number of anilines is 2. The third-order valence-electron chi connectivity index (χ3n) is 3.49. The predicted octanol–water partition coefficient (Wildman–Crippen LogP) is 3.28. The Morgan fingerprint density at radius 3 is 2.62 bits per heavy atom. The van der Waals surface area contributed by atoms with Crippen molar-refractivity contribution < 1.29 is 13.2 Å². The third kappa shape index (κ3) is 2.83. The van der Waals surface area contributed by atoms with Crippen molar-refractivity contribution in [1.82, 2.24) is 4.98 Å². The van der Waals surface area contributed by atoms with Gasteiger partial charge < -0.3 is 10.5 Å². The summed E-state index contributed by atoms with van der Waals surface area (Å²) < 4.78 is 33.1. The second-order valence-corrected chi connectivity index (χ2v) is 7.03. The van der Waals surface area contributed by atoms with Crippen LogP contribution in [0.3, 0.4) is 0 Å². The van der Waals surface area contributed by atoms with Gasteiger partial charge in [-0.3, -0.25) is 9.71 Å². The quantitative estimate of drug-likeness (QED) is 0.694. The minimum atomic E-state index is -3.92. The number of nitrogens with two attached hydrogens (primary N) is 1. The Morgan fingerprint density at radius 2 is 1.92 bits per heavy atom. The highest BCUT2D eigenvalue weighted by atomic mass is 35.5. The molecular weight excluding hydrogens is 350 g/mol. The van der Waals surface area contributed by atoms with Gasteiger partial charge in [-0.05, 0) is 30.3 Å². The highest BCUT2D eigenvalue weighted by molar-refractivity contribution is 7.93. The zero-order chi connectivity index (χ0) is 17.3. The van der Waals surface area contributed by atoms with E-state index in [-0.39, 0.29) is 21.3 Å². The summed E-state index contributed by atoms with van der Waals surface area (Å²) in [5.74, 6) is 0.566. The van der Waals surface area contributed by atoms with E-state index in [1.807, 2.05) is 0 Å². The first-order chi connectivity index (χ1) is 11.4. The smallest absolute Gasteiger partial charge is 0.264 e. The first-order valence-electron chi connectivity index (χ1n) is 6.92. The Morgan fingerprint density at radius 1 is 1.17 bits per heavy atom. The van der Waals surface area contributed by atoms with Crippen molar-refractivity contribution in [3.05, 3.63) is 53.7 Å². The Labute approximate surface area is 144 Å². The lowest BCUT2D eigenvalue weighted by Gasteiger charge is -2.14. The molecule has 0 unspecified atom stereocenters. The van der Waals surface area contributed by atoms with Gasteiger partial charge in [-0.2, -0.15) is 0 Å². The highest BCUT2D eigenvalue weighted by Gasteiger charge is 2.21. The van der Waals surface area contributed by atoms with Crippen LogP contribution in [-0.4, -0.2) is 20.5 Å². The number of nitrogen functional groups attached to an aromatic ring is 1. The minimum absolute atomic E-state index is 0.0269. The van der Waals surface area contributed by atoms with E-state index in [0.29, 0.717) is 16.7 Å². The lowest BCUT2D eigenvalue weighted by Crippen LogP contribution is -2.15. The monoisotopic (exact) mass is 363 g/mol. The molecule has 0 bridgehead atoms. The maximum atomic E-state index is 12.7. The summed E-state index contributed by atoms with van der Waals surface area (Å²) in [4.78, 5) is 4.20. The molecule has 8 heteroatoms. The minimum Gasteiger partial charge on any atom is -0.496 e. The molecule has 3 aromatic rings. The highest BCUT2D eigenvalue weighted by Crippen LogP contribution is 2.35. The van der Waals surface area contributed by atoms with Gasteiger partial charge in [0.15, 0.2) is 0 Å². The predicted molar refractivity (Wildman–Crippen MR) is 95.0 cm³/mol. The van der Waals surface area contributed by atoms with Crippen molar-refractivity contribution in [3.63, 3.8) is 0 Å². The Kier molecular flexibility index (Phi) is 4.21. The van der Waals surface area contributed by atoms with Crippen LogP contribution in [0.25, 0.3) is 10.9 Å². The SMILES string of the molecule is COc1ccnc2c(NS(=O)(=O)c3ccccc3N)c(Cl)ccc12. The standard InChI is InChI=1S/C16H14ClN3O3S/c1-23-13-8-9-19-15-10(13)6-7-11(17)16(15)20-24(21,22)14-5-3-2-4-12(14)18/h2-9,20H,18H2,1H3. The van der Waals surface area contributed by atoms with E-state index in [4.69, 9.17) is 22.1 Å². The van der Waals surface area contributed by atoms with Crippen LogP contribution in [-0.2, 0) is 10.0 Å². The molecule has 2 aromatic carbocycles. The van der Waals surface area contributed by atoms with Crippen LogP contribution < -0.4 is 15.2 Å². The number of nitrogens with one attached hydrogen (secondary N) is 1. The van der Waals surface area contributed by atoms with E-state index < -0.39 is 10.0 Å². The number of rotatable bonds is 4. The number of benzene rings is 2. The Hall–Kier alpha value is -2.51. The van der Waals surface area contributed by atoms with Crippen molar-refractivity contribution in [2.75, 3.05) is 17.6 Å². The molecule has 6 nitrogen and oxygen atoms in total. The van der Waals surface area contributed by atoms with E-state index in [9.17, 15) is 8.42 Å². The van der Waals surface area contributed by atoms with Crippen LogP contribution in [0.1, 0.15) is 0 Å². The summed E-state index contributed by atoms with van der Waals surface area (Å²) in [6.45, 7) is 0. The van der Waals surface area contributed by atoms with Crippen LogP contribution in [0.4, 0.5) is 11.4 Å². The average Bonchev–Trinajstić information content (AvgIpc) is 2.57. The number of pyridine rings is 1. The van der Waals surface area contributed by atoms with Gasteiger partial charge in [-0.15, -0.1) is 0 Å². The van der Waals surface area contributed by atoms with Gasteiger partial charge in [0.05, 0.1) is 29.0 Å². The van der Waals surface area contributed by atoms with Gasteiger partial charge in [0.25, 0.3) is 10.0 Å². The molecule has 0 spiro atoms. The van der Waals surface area contributed by atoms with Gasteiger partial charge in [0, 0.05) is 11.6 Å². The molecule has 0 saturated carbocycles. The fourth-order valence-electron chi connectivity index (χ4n) is 2.36. The Balaban J connectivity index is 2.17. The van der Waals surface area contributed by atoms with Crippen LogP contribution in [0.2, 0.25) is 5.02 Å². The summed E-state index contributed by atoms with van der Waals surface area (Å²) in [7, 11) is -2.39. The molecule has 124 valence electrons. The van der Waals surface area contributed by atoms with E-state index in [1.165, 1.54) is 25.4 Å². The van der Waals surface area contributed by atoms with E-state index in [1.54, 1.807) is 30.3 Å². The zero-order valence-electron chi connectivity index (χ0n) is 12.7. The number of ether oxygens (including phenoxy) is 1. The zero-order valence-corrected chi connectivity index (χ0v) is 14.2. The van der Waals surface area contributed by atoms with Crippen molar-refractivity contribution in [3.8, 4) is 5.75 Å². The van der Waals surface area contributed by atoms with Crippen molar-refractivity contribution in [1.29, 1.82) is 0 Å². The maximum absolute atomic E-state index is 12.7. The number of fused-ring (bicyclic) bond motifs is 1. The summed E-state index contributed by atoms with van der Waals surface area (Å²) >= 11 is 6.19. The number of nitrogens with zero attached hydrogens (tertiary/aromatic N) is 1. The summed E-state index contributed by atoms with van der Waals surface area (Å²) in [5.41, 5.74) is 6.48. The van der Waals surface area contributed by atoms with Gasteiger partial charge in [-0.25, -0.2) is 8.42 Å².